The number of phenolic OH excluding ortho intramolecular Hbond substituents is 1. The van der Waals surface area contributed by atoms with Gasteiger partial charge in [-0.1, -0.05) is 42.5 Å². The van der Waals surface area contributed by atoms with Crippen LogP contribution >= 0.6 is 0 Å². The van der Waals surface area contributed by atoms with Crippen molar-refractivity contribution in [3.63, 3.8) is 0 Å². The zero-order valence-electron chi connectivity index (χ0n) is 17.6. The summed E-state index contributed by atoms with van der Waals surface area (Å²) >= 11 is 0. The highest BCUT2D eigenvalue weighted by molar-refractivity contribution is 6.04. The molecule has 1 aromatic heterocycles. The molecule has 1 unspecified atom stereocenters. The Labute approximate surface area is 188 Å². The average Bonchev–Trinajstić information content (AvgIpc) is 3.13. The molecule has 2 heterocycles. The number of benzene rings is 3. The Balaban J connectivity index is 1.62. The number of aromatic hydroxyl groups is 1. The molecule has 0 aliphatic carbocycles. The number of Topliss-reactive ketones (excluding diaryl/α,β-unsaturated/α-hetero) is 1. The lowest BCUT2D eigenvalue weighted by Crippen LogP contribution is -2.36. The van der Waals surface area contributed by atoms with Crippen LogP contribution in [0.15, 0.2) is 72.8 Å². The maximum absolute atomic E-state index is 13.5. The summed E-state index contributed by atoms with van der Waals surface area (Å²) in [4.78, 5) is 13.5. The third-order valence-corrected chi connectivity index (χ3v) is 6.17. The molecular formula is C26H21F3N2O2. The number of para-hydroxylation sites is 2. The summed E-state index contributed by atoms with van der Waals surface area (Å²) < 4.78 is 41.0. The van der Waals surface area contributed by atoms with Crippen molar-refractivity contribution in [2.24, 2.45) is 0 Å². The van der Waals surface area contributed by atoms with Gasteiger partial charge in [-0.25, -0.2) is 0 Å². The molecule has 0 bridgehead atoms. The Bertz CT molecular complexity index is 1340. The molecule has 0 spiro atoms. The van der Waals surface area contributed by atoms with Crippen molar-refractivity contribution in [3.05, 3.63) is 101 Å². The van der Waals surface area contributed by atoms with E-state index in [4.69, 9.17) is 0 Å². The maximum atomic E-state index is 13.5. The van der Waals surface area contributed by atoms with E-state index in [1.54, 1.807) is 18.2 Å². The molecule has 5 rings (SSSR count). The molecule has 1 atom stereocenters. The normalized spacial score (nSPS) is 16.0. The summed E-state index contributed by atoms with van der Waals surface area (Å²) in [5.41, 5.74) is 2.99. The fourth-order valence-corrected chi connectivity index (χ4v) is 4.63. The number of nitrogens with one attached hydrogen (secondary N) is 1. The lowest BCUT2D eigenvalue weighted by atomic mass is 9.93. The van der Waals surface area contributed by atoms with Gasteiger partial charge in [0, 0.05) is 29.7 Å². The second-order valence-electron chi connectivity index (χ2n) is 8.18. The predicted octanol–water partition coefficient (Wildman–Crippen LogP) is 5.48. The number of ketones is 1. The van der Waals surface area contributed by atoms with E-state index in [2.05, 4.69) is 5.32 Å². The van der Waals surface area contributed by atoms with E-state index in [1.165, 1.54) is 18.2 Å². The van der Waals surface area contributed by atoms with Crippen molar-refractivity contribution in [1.29, 1.82) is 0 Å². The number of fused-ring (bicyclic) bond motifs is 3. The van der Waals surface area contributed by atoms with E-state index in [0.717, 1.165) is 40.7 Å². The SMILES string of the molecule is O=C(c1ccccc1O)C1NCCc2c1n(Cc1ccc(C(F)(F)F)cc1)c1ccccc21. The van der Waals surface area contributed by atoms with Crippen molar-refractivity contribution in [1.82, 2.24) is 9.88 Å². The fourth-order valence-electron chi connectivity index (χ4n) is 4.63. The van der Waals surface area contributed by atoms with E-state index < -0.39 is 17.8 Å². The minimum atomic E-state index is -4.39. The van der Waals surface area contributed by atoms with Crippen molar-refractivity contribution >= 4 is 16.7 Å². The first kappa shape index (κ1) is 21.3. The highest BCUT2D eigenvalue weighted by Gasteiger charge is 2.34. The van der Waals surface area contributed by atoms with Crippen LogP contribution in [0.4, 0.5) is 13.2 Å². The summed E-state index contributed by atoms with van der Waals surface area (Å²) in [6, 6.07) is 18.7. The van der Waals surface area contributed by atoms with Gasteiger partial charge in [-0.05, 0) is 47.9 Å². The summed E-state index contributed by atoms with van der Waals surface area (Å²) in [6.07, 6.45) is -3.67. The number of nitrogens with zero attached hydrogens (tertiary/aromatic N) is 1. The minimum Gasteiger partial charge on any atom is -0.507 e. The van der Waals surface area contributed by atoms with Crippen molar-refractivity contribution in [2.75, 3.05) is 6.54 Å². The number of hydrogen-bond donors (Lipinski definition) is 2. The Hall–Kier alpha value is -3.58. The Morgan fingerprint density at radius 1 is 1.00 bits per heavy atom. The smallest absolute Gasteiger partial charge is 0.416 e. The lowest BCUT2D eigenvalue weighted by molar-refractivity contribution is -0.137. The van der Waals surface area contributed by atoms with Gasteiger partial charge in [0.05, 0.1) is 11.1 Å². The number of alkyl halides is 3. The van der Waals surface area contributed by atoms with Crippen LogP contribution in [-0.4, -0.2) is 22.0 Å². The molecule has 4 aromatic rings. The summed E-state index contributed by atoms with van der Waals surface area (Å²) in [6.45, 7) is 0.922. The molecule has 1 aliphatic heterocycles. The van der Waals surface area contributed by atoms with E-state index in [1.807, 2.05) is 28.8 Å². The topological polar surface area (TPSA) is 54.3 Å². The van der Waals surface area contributed by atoms with E-state index in [-0.39, 0.29) is 17.1 Å². The van der Waals surface area contributed by atoms with Gasteiger partial charge in [-0.15, -0.1) is 0 Å². The van der Waals surface area contributed by atoms with E-state index in [9.17, 15) is 23.1 Å². The first-order valence-corrected chi connectivity index (χ1v) is 10.7. The molecular weight excluding hydrogens is 429 g/mol. The van der Waals surface area contributed by atoms with Gasteiger partial charge in [0.1, 0.15) is 11.8 Å². The highest BCUT2D eigenvalue weighted by atomic mass is 19.4. The third kappa shape index (κ3) is 3.78. The molecule has 168 valence electrons. The molecule has 0 fully saturated rings. The van der Waals surface area contributed by atoms with Crippen molar-refractivity contribution in [2.45, 2.75) is 25.2 Å². The highest BCUT2D eigenvalue weighted by Crippen LogP contribution is 2.37. The molecule has 0 radical (unpaired) electrons. The number of carbonyl (C=O) groups is 1. The van der Waals surface area contributed by atoms with Crippen molar-refractivity contribution in [3.8, 4) is 5.75 Å². The van der Waals surface area contributed by atoms with Crippen LogP contribution in [0.5, 0.6) is 5.75 Å². The lowest BCUT2D eigenvalue weighted by Gasteiger charge is -2.26. The van der Waals surface area contributed by atoms with Gasteiger partial charge in [0.15, 0.2) is 5.78 Å². The summed E-state index contributed by atoms with van der Waals surface area (Å²) in [5.74, 6) is -0.327. The molecule has 33 heavy (non-hydrogen) atoms. The molecule has 3 aromatic carbocycles. The first-order chi connectivity index (χ1) is 15.8. The maximum Gasteiger partial charge on any atom is 0.416 e. The number of aromatic nitrogens is 1. The number of phenols is 1. The first-order valence-electron chi connectivity index (χ1n) is 10.7. The second kappa shape index (κ2) is 8.08. The van der Waals surface area contributed by atoms with Crippen molar-refractivity contribution < 1.29 is 23.1 Å². The molecule has 2 N–H and O–H groups in total. The zero-order chi connectivity index (χ0) is 23.2. The van der Waals surface area contributed by atoms with Gasteiger partial charge in [-0.2, -0.15) is 13.2 Å². The number of hydrogen-bond acceptors (Lipinski definition) is 3. The molecule has 4 nitrogen and oxygen atoms in total. The number of carbonyl (C=O) groups excluding carboxylic acids is 1. The van der Waals surface area contributed by atoms with Crippen LogP contribution in [0.2, 0.25) is 0 Å². The zero-order valence-corrected chi connectivity index (χ0v) is 17.6. The molecule has 7 heteroatoms. The van der Waals surface area contributed by atoms with Crippen LogP contribution in [-0.2, 0) is 19.1 Å². The van der Waals surface area contributed by atoms with Crippen LogP contribution in [0.3, 0.4) is 0 Å². The third-order valence-electron chi connectivity index (χ3n) is 6.17. The van der Waals surface area contributed by atoms with E-state index in [0.29, 0.717) is 18.7 Å². The second-order valence-corrected chi connectivity index (χ2v) is 8.18. The standard InChI is InChI=1S/C26H21F3N2O2/c27-26(28,29)17-11-9-16(10-12-17)15-31-21-7-3-1-5-18(21)19-13-14-30-23(24(19)31)25(33)20-6-2-4-8-22(20)32/h1-12,23,30,32H,13-15H2. The van der Waals surface area contributed by atoms with Gasteiger partial charge in [0.2, 0.25) is 0 Å². The minimum absolute atomic E-state index is 0.0816. The van der Waals surface area contributed by atoms with Gasteiger partial charge >= 0.3 is 6.18 Å². The van der Waals surface area contributed by atoms with E-state index >= 15 is 0 Å². The summed E-state index contributed by atoms with van der Waals surface area (Å²) in [5, 5.41) is 14.6. The van der Waals surface area contributed by atoms with Crippen LogP contribution in [0.25, 0.3) is 10.9 Å². The number of rotatable bonds is 4. The fraction of sp³-hybridized carbons (Fsp3) is 0.192. The Morgan fingerprint density at radius 2 is 1.70 bits per heavy atom. The largest absolute Gasteiger partial charge is 0.507 e. The Kier molecular flexibility index (Phi) is 5.21. The molecule has 1 aliphatic rings. The van der Waals surface area contributed by atoms with Crippen LogP contribution in [0.1, 0.15) is 38.8 Å². The average molecular weight is 450 g/mol. The van der Waals surface area contributed by atoms with Gasteiger partial charge in [-0.3, -0.25) is 4.79 Å². The summed E-state index contributed by atoms with van der Waals surface area (Å²) in [7, 11) is 0. The molecule has 0 saturated carbocycles. The molecule has 0 amide bonds. The van der Waals surface area contributed by atoms with Crippen LogP contribution < -0.4 is 5.32 Å². The van der Waals surface area contributed by atoms with Crippen LogP contribution in [0, 0.1) is 0 Å². The predicted molar refractivity (Wildman–Crippen MR) is 119 cm³/mol. The van der Waals surface area contributed by atoms with Gasteiger partial charge in [0.25, 0.3) is 0 Å². The molecule has 0 saturated heterocycles. The Morgan fingerprint density at radius 3 is 2.42 bits per heavy atom. The quantitative estimate of drug-likeness (QED) is 0.405. The monoisotopic (exact) mass is 450 g/mol. The van der Waals surface area contributed by atoms with Gasteiger partial charge < -0.3 is 15.0 Å². The number of halogens is 3.